The van der Waals surface area contributed by atoms with Crippen LogP contribution in [0, 0.1) is 0 Å². The molecule has 1 N–H and O–H groups in total. The minimum absolute atomic E-state index is 0.102. The Hall–Kier alpha value is -2.52. The number of pyridine rings is 1. The molecule has 2 aromatic heterocycles. The normalized spacial score (nSPS) is 11.7. The van der Waals surface area contributed by atoms with Gasteiger partial charge in [0.2, 0.25) is 0 Å². The van der Waals surface area contributed by atoms with Gasteiger partial charge in [-0.3, -0.25) is 14.5 Å². The van der Waals surface area contributed by atoms with Gasteiger partial charge in [0.05, 0.1) is 17.4 Å². The summed E-state index contributed by atoms with van der Waals surface area (Å²) in [5, 5.41) is 5.93. The molecule has 0 fully saturated rings. The lowest BCUT2D eigenvalue weighted by molar-refractivity contribution is -0.141. The Morgan fingerprint density at radius 2 is 2.00 bits per heavy atom. The van der Waals surface area contributed by atoms with E-state index >= 15 is 0 Å². The molecule has 0 spiro atoms. The van der Waals surface area contributed by atoms with Crippen LogP contribution in [0.15, 0.2) is 30.7 Å². The van der Waals surface area contributed by atoms with E-state index in [2.05, 4.69) is 15.4 Å². The molecule has 0 unspecified atom stereocenters. The van der Waals surface area contributed by atoms with Gasteiger partial charge in [0.25, 0.3) is 12.3 Å². The standard InChI is InChI=1S/C12H9F5N4O/c13-10(14)6-21-5-8(4-19-21)20-11(22)7-1-2-9(18-3-7)12(15,16)17/h1-5,10H,6H2,(H,20,22). The predicted octanol–water partition coefficient (Wildman–Crippen LogP) is 2.81. The van der Waals surface area contributed by atoms with E-state index in [0.29, 0.717) is 6.07 Å². The summed E-state index contributed by atoms with van der Waals surface area (Å²) in [7, 11) is 0. The van der Waals surface area contributed by atoms with E-state index < -0.39 is 30.7 Å². The van der Waals surface area contributed by atoms with Crippen molar-refractivity contribution in [2.45, 2.75) is 19.1 Å². The molecule has 22 heavy (non-hydrogen) atoms. The summed E-state index contributed by atoms with van der Waals surface area (Å²) < 4.78 is 62.2. The Kier molecular flexibility index (Phi) is 4.38. The zero-order valence-corrected chi connectivity index (χ0v) is 10.8. The highest BCUT2D eigenvalue weighted by Crippen LogP contribution is 2.27. The highest BCUT2D eigenvalue weighted by atomic mass is 19.4. The van der Waals surface area contributed by atoms with Gasteiger partial charge in [-0.15, -0.1) is 0 Å². The minimum atomic E-state index is -4.59. The van der Waals surface area contributed by atoms with Gasteiger partial charge < -0.3 is 5.32 Å². The number of rotatable bonds is 4. The van der Waals surface area contributed by atoms with Crippen LogP contribution in [-0.4, -0.2) is 27.1 Å². The number of aromatic nitrogens is 3. The van der Waals surface area contributed by atoms with Crippen molar-refractivity contribution in [3.05, 3.63) is 42.0 Å². The molecule has 0 atom stereocenters. The molecule has 2 aromatic rings. The molecule has 118 valence electrons. The molecule has 0 bridgehead atoms. The number of carbonyl (C=O) groups excluding carboxylic acids is 1. The zero-order valence-electron chi connectivity index (χ0n) is 10.8. The lowest BCUT2D eigenvalue weighted by Gasteiger charge is -2.06. The molecular weight excluding hydrogens is 311 g/mol. The van der Waals surface area contributed by atoms with Crippen molar-refractivity contribution in [2.75, 3.05) is 5.32 Å². The number of hydrogen-bond donors (Lipinski definition) is 1. The molecule has 5 nitrogen and oxygen atoms in total. The Morgan fingerprint density at radius 1 is 1.27 bits per heavy atom. The van der Waals surface area contributed by atoms with Crippen LogP contribution >= 0.6 is 0 Å². The number of carbonyl (C=O) groups is 1. The predicted molar refractivity (Wildman–Crippen MR) is 65.4 cm³/mol. The SMILES string of the molecule is O=C(Nc1cnn(CC(F)F)c1)c1ccc(C(F)(F)F)nc1. The van der Waals surface area contributed by atoms with Crippen molar-refractivity contribution >= 4 is 11.6 Å². The largest absolute Gasteiger partial charge is 0.433 e. The van der Waals surface area contributed by atoms with Crippen LogP contribution in [0.5, 0.6) is 0 Å². The van der Waals surface area contributed by atoms with Gasteiger partial charge in [-0.25, -0.2) is 8.78 Å². The van der Waals surface area contributed by atoms with E-state index in [0.717, 1.165) is 23.1 Å². The van der Waals surface area contributed by atoms with Crippen LogP contribution in [-0.2, 0) is 12.7 Å². The maximum Gasteiger partial charge on any atom is 0.433 e. The molecule has 0 aromatic carbocycles. The third kappa shape index (κ3) is 3.99. The fraction of sp³-hybridized carbons (Fsp3) is 0.250. The average molecular weight is 320 g/mol. The summed E-state index contributed by atoms with van der Waals surface area (Å²) in [4.78, 5) is 14.9. The van der Waals surface area contributed by atoms with Crippen LogP contribution in [0.4, 0.5) is 27.6 Å². The van der Waals surface area contributed by atoms with Crippen molar-refractivity contribution in [2.24, 2.45) is 0 Å². The highest BCUT2D eigenvalue weighted by molar-refractivity contribution is 6.03. The molecular formula is C12H9F5N4O. The highest BCUT2D eigenvalue weighted by Gasteiger charge is 2.32. The molecule has 0 aliphatic heterocycles. The fourth-order valence-corrected chi connectivity index (χ4v) is 1.57. The molecule has 0 saturated heterocycles. The van der Waals surface area contributed by atoms with E-state index in [-0.39, 0.29) is 11.3 Å². The number of halogens is 5. The van der Waals surface area contributed by atoms with Gasteiger partial charge in [0.15, 0.2) is 0 Å². The summed E-state index contributed by atoms with van der Waals surface area (Å²) in [6.07, 6.45) is -4.07. The number of anilines is 1. The van der Waals surface area contributed by atoms with Crippen molar-refractivity contribution < 1.29 is 26.7 Å². The lowest BCUT2D eigenvalue weighted by atomic mass is 10.2. The number of hydrogen-bond acceptors (Lipinski definition) is 3. The Labute approximate surface area is 120 Å². The molecule has 0 saturated carbocycles. The Bertz CT molecular complexity index is 650. The van der Waals surface area contributed by atoms with Gasteiger partial charge in [-0.05, 0) is 12.1 Å². The monoisotopic (exact) mass is 320 g/mol. The van der Waals surface area contributed by atoms with Crippen molar-refractivity contribution in [1.82, 2.24) is 14.8 Å². The second-order valence-corrected chi connectivity index (χ2v) is 4.23. The smallest absolute Gasteiger partial charge is 0.319 e. The molecule has 10 heteroatoms. The van der Waals surface area contributed by atoms with Crippen LogP contribution in [0.2, 0.25) is 0 Å². The van der Waals surface area contributed by atoms with Gasteiger partial charge in [0.1, 0.15) is 12.2 Å². The molecule has 2 heterocycles. The first-order valence-electron chi connectivity index (χ1n) is 5.91. The maximum absolute atomic E-state index is 12.3. The Balaban J connectivity index is 2.04. The molecule has 1 amide bonds. The van der Waals surface area contributed by atoms with Crippen LogP contribution in [0.25, 0.3) is 0 Å². The Morgan fingerprint density at radius 3 is 2.55 bits per heavy atom. The van der Waals surface area contributed by atoms with Crippen molar-refractivity contribution in [3.8, 4) is 0 Å². The first kappa shape index (κ1) is 15.9. The molecule has 0 aliphatic carbocycles. The molecule has 2 rings (SSSR count). The lowest BCUT2D eigenvalue weighted by Crippen LogP contribution is -2.14. The first-order valence-corrected chi connectivity index (χ1v) is 5.91. The average Bonchev–Trinajstić information content (AvgIpc) is 2.84. The van der Waals surface area contributed by atoms with Crippen LogP contribution in [0.3, 0.4) is 0 Å². The first-order chi connectivity index (χ1) is 10.3. The fourth-order valence-electron chi connectivity index (χ4n) is 1.57. The summed E-state index contributed by atoms with van der Waals surface area (Å²) >= 11 is 0. The molecule has 0 radical (unpaired) electrons. The van der Waals surface area contributed by atoms with Crippen LogP contribution in [0.1, 0.15) is 16.1 Å². The minimum Gasteiger partial charge on any atom is -0.319 e. The molecule has 0 aliphatic rings. The number of amides is 1. The van der Waals surface area contributed by atoms with Gasteiger partial charge in [0, 0.05) is 12.4 Å². The second kappa shape index (κ2) is 6.08. The number of nitrogens with one attached hydrogen (secondary N) is 1. The number of nitrogens with zero attached hydrogens (tertiary/aromatic N) is 3. The van der Waals surface area contributed by atoms with E-state index in [4.69, 9.17) is 0 Å². The maximum atomic E-state index is 12.3. The van der Waals surface area contributed by atoms with E-state index in [1.165, 1.54) is 6.20 Å². The summed E-state index contributed by atoms with van der Waals surface area (Å²) in [5.74, 6) is -0.724. The quantitative estimate of drug-likeness (QED) is 0.881. The number of alkyl halides is 5. The zero-order chi connectivity index (χ0) is 16.3. The van der Waals surface area contributed by atoms with Crippen molar-refractivity contribution in [1.29, 1.82) is 0 Å². The van der Waals surface area contributed by atoms with Gasteiger partial charge in [-0.2, -0.15) is 18.3 Å². The third-order valence-electron chi connectivity index (χ3n) is 2.53. The van der Waals surface area contributed by atoms with Crippen molar-refractivity contribution in [3.63, 3.8) is 0 Å². The van der Waals surface area contributed by atoms with Crippen LogP contribution < -0.4 is 5.32 Å². The van der Waals surface area contributed by atoms with Gasteiger partial charge in [-0.1, -0.05) is 0 Å². The van der Waals surface area contributed by atoms with E-state index in [1.807, 2.05) is 0 Å². The summed E-state index contributed by atoms with van der Waals surface area (Å²) in [6, 6.07) is 1.64. The topological polar surface area (TPSA) is 59.8 Å². The van der Waals surface area contributed by atoms with Gasteiger partial charge >= 0.3 is 6.18 Å². The second-order valence-electron chi connectivity index (χ2n) is 4.23. The van der Waals surface area contributed by atoms with E-state index in [9.17, 15) is 26.7 Å². The third-order valence-corrected chi connectivity index (χ3v) is 2.53. The van der Waals surface area contributed by atoms with E-state index in [1.54, 1.807) is 0 Å². The summed E-state index contributed by atoms with van der Waals surface area (Å²) in [6.45, 7) is -0.627. The summed E-state index contributed by atoms with van der Waals surface area (Å²) in [5.41, 5.74) is -1.08.